The topological polar surface area (TPSA) is 29.1 Å². The predicted molar refractivity (Wildman–Crippen MR) is 76.8 cm³/mol. The van der Waals surface area contributed by atoms with Crippen LogP contribution in [0.4, 0.5) is 13.2 Å². The SMILES string of the molecule is Cc1c(C)c(F)c(C(=O)NC(C)CCC(C)C)c(F)c1F. The molecule has 1 unspecified atom stereocenters. The van der Waals surface area contributed by atoms with Crippen molar-refractivity contribution in [3.8, 4) is 0 Å². The average Bonchev–Trinajstić information content (AvgIpc) is 2.41. The summed E-state index contributed by atoms with van der Waals surface area (Å²) in [7, 11) is 0. The van der Waals surface area contributed by atoms with Crippen molar-refractivity contribution in [3.05, 3.63) is 34.1 Å². The monoisotopic (exact) mass is 301 g/mol. The van der Waals surface area contributed by atoms with Crippen molar-refractivity contribution in [3.63, 3.8) is 0 Å². The molecule has 0 fully saturated rings. The van der Waals surface area contributed by atoms with Crippen LogP contribution >= 0.6 is 0 Å². The summed E-state index contributed by atoms with van der Waals surface area (Å²) in [6.45, 7) is 8.46. The molecule has 0 aliphatic carbocycles. The van der Waals surface area contributed by atoms with E-state index in [9.17, 15) is 18.0 Å². The summed E-state index contributed by atoms with van der Waals surface area (Å²) in [4.78, 5) is 12.0. The summed E-state index contributed by atoms with van der Waals surface area (Å²) in [5.74, 6) is -4.04. The highest BCUT2D eigenvalue weighted by Gasteiger charge is 2.26. The Bertz CT molecular complexity index is 512. The molecule has 21 heavy (non-hydrogen) atoms. The normalized spacial score (nSPS) is 12.6. The first-order chi connectivity index (χ1) is 9.66. The van der Waals surface area contributed by atoms with Gasteiger partial charge in [0.1, 0.15) is 11.4 Å². The lowest BCUT2D eigenvalue weighted by molar-refractivity contribution is 0.0927. The Kier molecular flexibility index (Phi) is 5.81. The summed E-state index contributed by atoms with van der Waals surface area (Å²) in [5, 5.41) is 2.52. The number of nitrogens with one attached hydrogen (secondary N) is 1. The van der Waals surface area contributed by atoms with Crippen LogP contribution in [0.15, 0.2) is 0 Å². The third kappa shape index (κ3) is 3.99. The first-order valence-corrected chi connectivity index (χ1v) is 7.11. The molecule has 5 heteroatoms. The molecule has 1 atom stereocenters. The van der Waals surface area contributed by atoms with Crippen molar-refractivity contribution < 1.29 is 18.0 Å². The molecule has 0 heterocycles. The van der Waals surface area contributed by atoms with E-state index in [1.807, 2.05) is 13.8 Å². The highest BCUT2D eigenvalue weighted by molar-refractivity contribution is 5.95. The van der Waals surface area contributed by atoms with Gasteiger partial charge in [-0.1, -0.05) is 13.8 Å². The Hall–Kier alpha value is -1.52. The van der Waals surface area contributed by atoms with Crippen molar-refractivity contribution in [2.24, 2.45) is 5.92 Å². The summed E-state index contributed by atoms with van der Waals surface area (Å²) < 4.78 is 41.6. The van der Waals surface area contributed by atoms with Crippen LogP contribution in [0.1, 0.15) is 55.1 Å². The molecule has 0 radical (unpaired) electrons. The van der Waals surface area contributed by atoms with Gasteiger partial charge >= 0.3 is 0 Å². The van der Waals surface area contributed by atoms with Crippen molar-refractivity contribution >= 4 is 5.91 Å². The zero-order valence-electron chi connectivity index (χ0n) is 13.1. The highest BCUT2D eigenvalue weighted by atomic mass is 19.2. The Balaban J connectivity index is 2.98. The van der Waals surface area contributed by atoms with Gasteiger partial charge in [-0.3, -0.25) is 4.79 Å². The molecule has 0 saturated heterocycles. The summed E-state index contributed by atoms with van der Waals surface area (Å²) >= 11 is 0. The number of carbonyl (C=O) groups is 1. The van der Waals surface area contributed by atoms with E-state index < -0.39 is 28.9 Å². The van der Waals surface area contributed by atoms with Crippen LogP contribution in [0, 0.1) is 37.2 Å². The molecule has 1 rings (SSSR count). The van der Waals surface area contributed by atoms with Crippen molar-refractivity contribution in [2.45, 2.75) is 53.5 Å². The van der Waals surface area contributed by atoms with Crippen LogP contribution < -0.4 is 5.32 Å². The molecular formula is C16H22F3NO. The van der Waals surface area contributed by atoms with E-state index in [1.54, 1.807) is 6.92 Å². The fourth-order valence-electron chi connectivity index (χ4n) is 2.04. The van der Waals surface area contributed by atoms with E-state index in [2.05, 4.69) is 5.32 Å². The van der Waals surface area contributed by atoms with Crippen molar-refractivity contribution in [1.82, 2.24) is 5.32 Å². The maximum Gasteiger partial charge on any atom is 0.257 e. The molecule has 2 nitrogen and oxygen atoms in total. The van der Waals surface area contributed by atoms with Gasteiger partial charge in [0.15, 0.2) is 11.6 Å². The molecule has 1 N–H and O–H groups in total. The summed E-state index contributed by atoms with van der Waals surface area (Å²) in [5.41, 5.74) is -1.00. The molecule has 0 aliphatic rings. The number of rotatable bonds is 5. The maximum absolute atomic E-state index is 14.1. The molecular weight excluding hydrogens is 279 g/mol. The molecule has 1 amide bonds. The van der Waals surface area contributed by atoms with E-state index in [-0.39, 0.29) is 17.2 Å². The van der Waals surface area contributed by atoms with Crippen LogP contribution in [0.25, 0.3) is 0 Å². The molecule has 1 aromatic rings. The van der Waals surface area contributed by atoms with E-state index in [0.717, 1.165) is 6.42 Å². The van der Waals surface area contributed by atoms with E-state index >= 15 is 0 Å². The van der Waals surface area contributed by atoms with Gasteiger partial charge in [-0.05, 0) is 50.7 Å². The minimum atomic E-state index is -1.43. The number of carbonyl (C=O) groups excluding carboxylic acids is 1. The number of hydrogen-bond acceptors (Lipinski definition) is 1. The lowest BCUT2D eigenvalue weighted by Crippen LogP contribution is -2.34. The molecule has 0 aromatic heterocycles. The van der Waals surface area contributed by atoms with Gasteiger partial charge in [0.25, 0.3) is 5.91 Å². The van der Waals surface area contributed by atoms with Gasteiger partial charge in [-0.2, -0.15) is 0 Å². The standard InChI is InChI=1S/C16H22F3NO/c1-8(2)6-7-9(3)20-16(21)12-13(17)10(4)11(5)14(18)15(12)19/h8-9H,6-7H2,1-5H3,(H,20,21). The second kappa shape index (κ2) is 6.96. The molecule has 118 valence electrons. The number of halogens is 3. The van der Waals surface area contributed by atoms with Crippen molar-refractivity contribution in [1.29, 1.82) is 0 Å². The predicted octanol–water partition coefficient (Wildman–Crippen LogP) is 4.28. The fourth-order valence-corrected chi connectivity index (χ4v) is 2.04. The molecule has 0 spiro atoms. The largest absolute Gasteiger partial charge is 0.349 e. The van der Waals surface area contributed by atoms with Crippen LogP contribution in [-0.4, -0.2) is 11.9 Å². The Morgan fingerprint density at radius 2 is 1.48 bits per heavy atom. The zero-order valence-corrected chi connectivity index (χ0v) is 13.1. The molecule has 0 saturated carbocycles. The van der Waals surface area contributed by atoms with Crippen LogP contribution in [0.5, 0.6) is 0 Å². The van der Waals surface area contributed by atoms with Gasteiger partial charge in [-0.25, -0.2) is 13.2 Å². The summed E-state index contributed by atoms with van der Waals surface area (Å²) in [6, 6.07) is -0.233. The first kappa shape index (κ1) is 17.5. The van der Waals surface area contributed by atoms with E-state index in [4.69, 9.17) is 0 Å². The van der Waals surface area contributed by atoms with Gasteiger partial charge in [-0.15, -0.1) is 0 Å². The second-order valence-electron chi connectivity index (χ2n) is 5.91. The Morgan fingerprint density at radius 1 is 0.952 bits per heavy atom. The minimum absolute atomic E-state index is 0.0473. The number of benzene rings is 1. The smallest absolute Gasteiger partial charge is 0.257 e. The lowest BCUT2D eigenvalue weighted by atomic mass is 10.0. The van der Waals surface area contributed by atoms with Gasteiger partial charge in [0.05, 0.1) is 0 Å². The Morgan fingerprint density at radius 3 is 2.00 bits per heavy atom. The van der Waals surface area contributed by atoms with Crippen LogP contribution in [0.3, 0.4) is 0 Å². The summed E-state index contributed by atoms with van der Waals surface area (Å²) in [6.07, 6.45) is 1.58. The van der Waals surface area contributed by atoms with E-state index in [0.29, 0.717) is 12.3 Å². The first-order valence-electron chi connectivity index (χ1n) is 7.11. The van der Waals surface area contributed by atoms with Gasteiger partial charge in [0.2, 0.25) is 0 Å². The van der Waals surface area contributed by atoms with Crippen LogP contribution in [0.2, 0.25) is 0 Å². The lowest BCUT2D eigenvalue weighted by Gasteiger charge is -2.17. The number of amides is 1. The number of hydrogen-bond donors (Lipinski definition) is 1. The molecule has 0 aliphatic heterocycles. The third-order valence-electron chi connectivity index (χ3n) is 3.63. The second-order valence-corrected chi connectivity index (χ2v) is 5.91. The Labute approximate surface area is 123 Å². The molecule has 0 bridgehead atoms. The molecule has 1 aromatic carbocycles. The fraction of sp³-hybridized carbons (Fsp3) is 0.562. The average molecular weight is 301 g/mol. The van der Waals surface area contributed by atoms with E-state index in [1.165, 1.54) is 13.8 Å². The maximum atomic E-state index is 14.1. The highest BCUT2D eigenvalue weighted by Crippen LogP contribution is 2.24. The zero-order chi connectivity index (χ0) is 16.3. The van der Waals surface area contributed by atoms with Crippen molar-refractivity contribution in [2.75, 3.05) is 0 Å². The van der Waals surface area contributed by atoms with Gasteiger partial charge in [0, 0.05) is 6.04 Å². The third-order valence-corrected chi connectivity index (χ3v) is 3.63. The minimum Gasteiger partial charge on any atom is -0.349 e. The van der Waals surface area contributed by atoms with Crippen LogP contribution in [-0.2, 0) is 0 Å². The quantitative estimate of drug-likeness (QED) is 0.808. The van der Waals surface area contributed by atoms with Gasteiger partial charge < -0.3 is 5.32 Å².